The van der Waals surface area contributed by atoms with Gasteiger partial charge in [-0.2, -0.15) is 0 Å². The summed E-state index contributed by atoms with van der Waals surface area (Å²) >= 11 is 1.74. The molecule has 0 amide bonds. The van der Waals surface area contributed by atoms with E-state index in [4.69, 9.17) is 10.5 Å². The van der Waals surface area contributed by atoms with Crippen molar-refractivity contribution in [2.75, 3.05) is 12.5 Å². The first kappa shape index (κ1) is 14.3. The van der Waals surface area contributed by atoms with Crippen LogP contribution >= 0.6 is 11.8 Å². The van der Waals surface area contributed by atoms with Gasteiger partial charge in [-0.3, -0.25) is 0 Å². The van der Waals surface area contributed by atoms with Crippen molar-refractivity contribution < 1.29 is 4.74 Å². The van der Waals surface area contributed by atoms with Gasteiger partial charge in [-0.05, 0) is 42.3 Å². The van der Waals surface area contributed by atoms with Crippen LogP contribution < -0.4 is 15.8 Å². The van der Waals surface area contributed by atoms with E-state index in [2.05, 4.69) is 43.4 Å². The molecule has 3 N–H and O–H groups in total. The monoisotopic (exact) mass is 278 g/mol. The molecule has 0 saturated carbocycles. The lowest BCUT2D eigenvalue weighted by Crippen LogP contribution is -2.32. The van der Waals surface area contributed by atoms with Crippen LogP contribution in [0.4, 0.5) is 0 Å². The summed E-state index contributed by atoms with van der Waals surface area (Å²) < 4.78 is 5.52. The number of ether oxygens (including phenoxy) is 1. The van der Waals surface area contributed by atoms with E-state index in [-0.39, 0.29) is 6.04 Å². The van der Waals surface area contributed by atoms with Crippen molar-refractivity contribution in [1.29, 1.82) is 0 Å². The van der Waals surface area contributed by atoms with Gasteiger partial charge in [-0.25, -0.2) is 0 Å². The summed E-state index contributed by atoms with van der Waals surface area (Å²) in [5, 5.41) is 3.26. The molecule has 0 bridgehead atoms. The maximum Gasteiger partial charge on any atom is 0.138 e. The van der Waals surface area contributed by atoms with Crippen LogP contribution in [0.2, 0.25) is 0 Å². The van der Waals surface area contributed by atoms with Crippen LogP contribution in [0, 0.1) is 5.92 Å². The van der Waals surface area contributed by atoms with E-state index in [1.165, 1.54) is 4.90 Å². The van der Waals surface area contributed by atoms with Gasteiger partial charge < -0.3 is 15.8 Å². The van der Waals surface area contributed by atoms with Gasteiger partial charge >= 0.3 is 0 Å². The Kier molecular flexibility index (Phi) is 5.16. The van der Waals surface area contributed by atoms with Gasteiger partial charge in [0.2, 0.25) is 0 Å². The molecule has 0 saturated heterocycles. The van der Waals surface area contributed by atoms with Crippen LogP contribution in [0.3, 0.4) is 0 Å². The van der Waals surface area contributed by atoms with Gasteiger partial charge in [0, 0.05) is 12.6 Å². The topological polar surface area (TPSA) is 47.3 Å². The highest BCUT2D eigenvalue weighted by atomic mass is 32.2. The highest BCUT2D eigenvalue weighted by Crippen LogP contribution is 2.36. The molecule has 1 unspecified atom stereocenters. The molecule has 0 aromatic heterocycles. The number of hydrogen-bond acceptors (Lipinski definition) is 4. The maximum atomic E-state index is 6.01. The highest BCUT2D eigenvalue weighted by molar-refractivity contribution is 7.99. The molecule has 1 atom stereocenters. The zero-order valence-corrected chi connectivity index (χ0v) is 12.4. The molecule has 1 aromatic rings. The lowest BCUT2D eigenvalue weighted by molar-refractivity contribution is 0.397. The van der Waals surface area contributed by atoms with Crippen molar-refractivity contribution in [2.24, 2.45) is 11.7 Å². The molecule has 3 nitrogen and oxygen atoms in total. The Bertz CT molecular complexity index is 446. The summed E-state index contributed by atoms with van der Waals surface area (Å²) in [5.74, 6) is 2.36. The Morgan fingerprint density at radius 2 is 2.32 bits per heavy atom. The number of fused-ring (bicyclic) bond motifs is 1. The van der Waals surface area contributed by atoms with Crippen molar-refractivity contribution in [3.63, 3.8) is 0 Å². The van der Waals surface area contributed by atoms with Crippen LogP contribution in [-0.2, 0) is 0 Å². The Labute approximate surface area is 119 Å². The third-order valence-electron chi connectivity index (χ3n) is 2.94. The maximum absolute atomic E-state index is 6.01. The zero-order chi connectivity index (χ0) is 13.7. The molecule has 0 fully saturated rings. The SMILES string of the molecule is CC(C)CC(N)CN/C=C/c1ccc2c(c1)OCS2. The predicted molar refractivity (Wildman–Crippen MR) is 82.3 cm³/mol. The first-order chi connectivity index (χ1) is 9.15. The van der Waals surface area contributed by atoms with E-state index in [1.54, 1.807) is 11.8 Å². The molecular formula is C15H22N2OS. The number of thioether (sulfide) groups is 1. The smallest absolute Gasteiger partial charge is 0.138 e. The fourth-order valence-electron chi connectivity index (χ4n) is 2.08. The lowest BCUT2D eigenvalue weighted by atomic mass is 10.0. The summed E-state index contributed by atoms with van der Waals surface area (Å²) in [7, 11) is 0. The van der Waals surface area contributed by atoms with Crippen LogP contribution in [-0.4, -0.2) is 18.5 Å². The third kappa shape index (κ3) is 4.48. The molecule has 1 aliphatic heterocycles. The molecule has 4 heteroatoms. The fourth-order valence-corrected chi connectivity index (χ4v) is 2.82. The van der Waals surface area contributed by atoms with Crippen molar-refractivity contribution in [2.45, 2.75) is 31.2 Å². The minimum absolute atomic E-state index is 0.212. The van der Waals surface area contributed by atoms with Gasteiger partial charge in [-0.15, -0.1) is 0 Å². The van der Waals surface area contributed by atoms with Crippen molar-refractivity contribution in [1.82, 2.24) is 5.32 Å². The van der Waals surface area contributed by atoms with Gasteiger partial charge in [-0.1, -0.05) is 31.7 Å². The van der Waals surface area contributed by atoms with E-state index in [0.29, 0.717) is 5.92 Å². The average molecular weight is 278 g/mol. The standard InChI is InChI=1S/C15H22N2OS/c1-11(2)7-13(16)9-17-6-5-12-3-4-15-14(8-12)18-10-19-15/h3-6,8,11,13,17H,7,9-10,16H2,1-2H3/b6-5+. The average Bonchev–Trinajstić information content (AvgIpc) is 2.81. The minimum atomic E-state index is 0.212. The first-order valence-corrected chi connectivity index (χ1v) is 7.69. The molecule has 0 radical (unpaired) electrons. The number of nitrogens with two attached hydrogens (primary N) is 1. The second kappa shape index (κ2) is 6.87. The van der Waals surface area contributed by atoms with E-state index in [1.807, 2.05) is 6.20 Å². The molecular weight excluding hydrogens is 256 g/mol. The van der Waals surface area contributed by atoms with E-state index in [9.17, 15) is 0 Å². The predicted octanol–water partition coefficient (Wildman–Crippen LogP) is 3.06. The van der Waals surface area contributed by atoms with Crippen molar-refractivity contribution in [3.05, 3.63) is 30.0 Å². The number of nitrogens with one attached hydrogen (secondary N) is 1. The van der Waals surface area contributed by atoms with Crippen LogP contribution in [0.25, 0.3) is 6.08 Å². The summed E-state index contributed by atoms with van der Waals surface area (Å²) in [5.41, 5.74) is 7.15. The molecule has 2 rings (SSSR count). The molecule has 1 aromatic carbocycles. The summed E-state index contributed by atoms with van der Waals surface area (Å²) in [6, 6.07) is 6.50. The molecule has 1 aliphatic rings. The Hall–Kier alpha value is -1.13. The summed E-state index contributed by atoms with van der Waals surface area (Å²) in [6.07, 6.45) is 5.06. The highest BCUT2D eigenvalue weighted by Gasteiger charge is 2.11. The van der Waals surface area contributed by atoms with Gasteiger partial charge in [0.1, 0.15) is 11.7 Å². The van der Waals surface area contributed by atoms with Gasteiger partial charge in [0.15, 0.2) is 0 Å². The molecule has 104 valence electrons. The number of hydrogen-bond donors (Lipinski definition) is 2. The zero-order valence-electron chi connectivity index (χ0n) is 11.6. The summed E-state index contributed by atoms with van der Waals surface area (Å²) in [6.45, 7) is 5.20. The third-order valence-corrected chi connectivity index (χ3v) is 3.83. The van der Waals surface area contributed by atoms with Crippen molar-refractivity contribution >= 4 is 17.8 Å². The van der Waals surface area contributed by atoms with Crippen LogP contribution in [0.1, 0.15) is 25.8 Å². The van der Waals surface area contributed by atoms with E-state index < -0.39 is 0 Å². The quantitative estimate of drug-likeness (QED) is 0.839. The lowest BCUT2D eigenvalue weighted by Gasteiger charge is -2.13. The van der Waals surface area contributed by atoms with Crippen molar-refractivity contribution in [3.8, 4) is 5.75 Å². The number of rotatable bonds is 6. The van der Waals surface area contributed by atoms with Gasteiger partial charge in [0.25, 0.3) is 0 Å². The molecule has 0 spiro atoms. The molecule has 0 aliphatic carbocycles. The van der Waals surface area contributed by atoms with Crippen LogP contribution in [0.5, 0.6) is 5.75 Å². The second-order valence-corrected chi connectivity index (χ2v) is 6.21. The van der Waals surface area contributed by atoms with Gasteiger partial charge in [0.05, 0.1) is 4.90 Å². The van der Waals surface area contributed by atoms with E-state index >= 15 is 0 Å². The molecule has 1 heterocycles. The Morgan fingerprint density at radius 3 is 3.11 bits per heavy atom. The Balaban J connectivity index is 1.79. The Morgan fingerprint density at radius 1 is 1.47 bits per heavy atom. The largest absolute Gasteiger partial charge is 0.481 e. The normalized spacial score (nSPS) is 15.6. The number of benzene rings is 1. The molecule has 19 heavy (non-hydrogen) atoms. The fraction of sp³-hybridized carbons (Fsp3) is 0.467. The first-order valence-electron chi connectivity index (χ1n) is 6.70. The summed E-state index contributed by atoms with van der Waals surface area (Å²) in [4.78, 5) is 1.23. The second-order valence-electron chi connectivity index (χ2n) is 5.24. The minimum Gasteiger partial charge on any atom is -0.481 e. The van der Waals surface area contributed by atoms with Crippen LogP contribution in [0.15, 0.2) is 29.3 Å². The van der Waals surface area contributed by atoms with E-state index in [0.717, 1.165) is 30.2 Å².